The monoisotopic (exact) mass is 480 g/mol. The van der Waals surface area contributed by atoms with E-state index in [2.05, 4.69) is 17.1 Å². The van der Waals surface area contributed by atoms with E-state index in [0.717, 1.165) is 64.1 Å². The molecule has 1 amide bonds. The summed E-state index contributed by atoms with van der Waals surface area (Å²) in [6.45, 7) is 6.95. The summed E-state index contributed by atoms with van der Waals surface area (Å²) in [7, 11) is 0. The molecule has 0 radical (unpaired) electrons. The number of carbonyl (C=O) groups excluding carboxylic acids is 1. The van der Waals surface area contributed by atoms with Crippen LogP contribution in [0.1, 0.15) is 45.4 Å². The molecule has 0 aromatic heterocycles. The predicted molar refractivity (Wildman–Crippen MR) is 112 cm³/mol. The molecule has 2 heterocycles. The van der Waals surface area contributed by atoms with Crippen LogP contribution >= 0.6 is 24.0 Å². The van der Waals surface area contributed by atoms with Crippen LogP contribution < -0.4 is 5.32 Å². The zero-order valence-corrected chi connectivity index (χ0v) is 18.1. The van der Waals surface area contributed by atoms with Gasteiger partial charge in [-0.1, -0.05) is 12.8 Å². The number of aliphatic hydroxyl groups is 1. The highest BCUT2D eigenvalue weighted by Crippen LogP contribution is 2.29. The Morgan fingerprint density at radius 1 is 1.19 bits per heavy atom. The molecule has 3 rings (SSSR count). The number of nitrogens with zero attached hydrogens (tertiary/aromatic N) is 3. The molecule has 1 unspecified atom stereocenters. The van der Waals surface area contributed by atoms with E-state index in [9.17, 15) is 9.90 Å². The number of piperazine rings is 1. The largest absolute Gasteiger partial charge is 0.388 e. The topological polar surface area (TPSA) is 77.4 Å². The van der Waals surface area contributed by atoms with Gasteiger partial charge >= 0.3 is 0 Å². The van der Waals surface area contributed by atoms with Crippen molar-refractivity contribution in [2.24, 2.45) is 4.99 Å². The van der Waals surface area contributed by atoms with Crippen LogP contribution in [0.4, 0.5) is 0 Å². The van der Waals surface area contributed by atoms with Gasteiger partial charge in [0.15, 0.2) is 5.96 Å². The van der Waals surface area contributed by atoms with E-state index in [0.29, 0.717) is 26.2 Å². The van der Waals surface area contributed by atoms with Gasteiger partial charge in [-0.15, -0.1) is 24.0 Å². The van der Waals surface area contributed by atoms with Crippen LogP contribution in [-0.4, -0.2) is 84.4 Å². The standard InChI is InChI=1S/C18H32N4O3.HI/c1-2-19-17(20-14-18(24)7-3-4-8-18)22-11-9-21(10-12-22)16(23)15-6-5-13-25-15;/h15,24H,2-14H2,1H3,(H,19,20);1H. The Labute approximate surface area is 173 Å². The lowest BCUT2D eigenvalue weighted by atomic mass is 10.0. The third-order valence-corrected chi connectivity index (χ3v) is 5.49. The minimum Gasteiger partial charge on any atom is -0.388 e. The quantitative estimate of drug-likeness (QED) is 0.359. The van der Waals surface area contributed by atoms with E-state index in [1.54, 1.807) is 0 Å². The molecule has 2 N–H and O–H groups in total. The number of rotatable bonds is 4. The zero-order valence-electron chi connectivity index (χ0n) is 15.8. The third kappa shape index (κ3) is 5.45. The summed E-state index contributed by atoms with van der Waals surface area (Å²) < 4.78 is 5.52. The second kappa shape index (κ2) is 10.1. The van der Waals surface area contributed by atoms with Crippen molar-refractivity contribution < 1.29 is 14.6 Å². The molecular formula is C18H33IN4O3. The molecule has 0 aromatic carbocycles. The van der Waals surface area contributed by atoms with Crippen LogP contribution in [0.25, 0.3) is 0 Å². The van der Waals surface area contributed by atoms with E-state index < -0.39 is 5.60 Å². The molecule has 3 fully saturated rings. The molecule has 1 saturated carbocycles. The minimum atomic E-state index is -0.627. The molecule has 0 aromatic rings. The average Bonchev–Trinajstić information content (AvgIpc) is 3.30. The first-order chi connectivity index (χ1) is 12.1. The Morgan fingerprint density at radius 2 is 1.85 bits per heavy atom. The summed E-state index contributed by atoms with van der Waals surface area (Å²) in [6.07, 6.45) is 5.47. The smallest absolute Gasteiger partial charge is 0.251 e. The summed E-state index contributed by atoms with van der Waals surface area (Å²) in [5, 5.41) is 13.9. The molecular weight excluding hydrogens is 447 g/mol. The van der Waals surface area contributed by atoms with Gasteiger partial charge in [0, 0.05) is 39.3 Å². The van der Waals surface area contributed by atoms with Crippen molar-refractivity contribution in [1.82, 2.24) is 15.1 Å². The molecule has 3 aliphatic rings. The van der Waals surface area contributed by atoms with Crippen molar-refractivity contribution in [3.8, 4) is 0 Å². The molecule has 8 heteroatoms. The van der Waals surface area contributed by atoms with E-state index >= 15 is 0 Å². The lowest BCUT2D eigenvalue weighted by Gasteiger charge is -2.37. The number of guanidine groups is 1. The first-order valence-corrected chi connectivity index (χ1v) is 9.77. The summed E-state index contributed by atoms with van der Waals surface area (Å²) >= 11 is 0. The lowest BCUT2D eigenvalue weighted by molar-refractivity contribution is -0.142. The van der Waals surface area contributed by atoms with Gasteiger partial charge in [0.25, 0.3) is 5.91 Å². The van der Waals surface area contributed by atoms with E-state index in [1.807, 2.05) is 4.90 Å². The Hall–Kier alpha value is -0.610. The summed E-state index contributed by atoms with van der Waals surface area (Å²) in [4.78, 5) is 21.3. The van der Waals surface area contributed by atoms with Gasteiger partial charge < -0.3 is 25.0 Å². The van der Waals surface area contributed by atoms with Gasteiger partial charge in [0.05, 0.1) is 12.1 Å². The van der Waals surface area contributed by atoms with Crippen LogP contribution in [0.5, 0.6) is 0 Å². The van der Waals surface area contributed by atoms with Gasteiger partial charge in [-0.3, -0.25) is 9.79 Å². The lowest BCUT2D eigenvalue weighted by Crippen LogP contribution is -2.55. The molecule has 7 nitrogen and oxygen atoms in total. The molecule has 2 saturated heterocycles. The highest BCUT2D eigenvalue weighted by molar-refractivity contribution is 14.0. The van der Waals surface area contributed by atoms with Crippen molar-refractivity contribution in [2.45, 2.75) is 57.2 Å². The minimum absolute atomic E-state index is 0. The number of halogens is 1. The molecule has 0 bridgehead atoms. The van der Waals surface area contributed by atoms with Gasteiger partial charge in [-0.05, 0) is 32.6 Å². The van der Waals surface area contributed by atoms with Gasteiger partial charge in [-0.25, -0.2) is 0 Å². The maximum absolute atomic E-state index is 12.4. The number of amides is 1. The first kappa shape index (κ1) is 21.7. The van der Waals surface area contributed by atoms with Crippen LogP contribution in [-0.2, 0) is 9.53 Å². The van der Waals surface area contributed by atoms with Crippen molar-refractivity contribution >= 4 is 35.8 Å². The highest BCUT2D eigenvalue weighted by atomic mass is 127. The highest BCUT2D eigenvalue weighted by Gasteiger charge is 2.33. The average molecular weight is 480 g/mol. The Kier molecular flexibility index (Phi) is 8.41. The van der Waals surface area contributed by atoms with Gasteiger partial charge in [0.1, 0.15) is 6.10 Å². The van der Waals surface area contributed by atoms with Crippen molar-refractivity contribution in [2.75, 3.05) is 45.9 Å². The van der Waals surface area contributed by atoms with Crippen LogP contribution in [0.15, 0.2) is 4.99 Å². The molecule has 0 spiro atoms. The molecule has 2 aliphatic heterocycles. The normalized spacial score (nSPS) is 25.9. The fourth-order valence-electron chi connectivity index (χ4n) is 3.95. The first-order valence-electron chi connectivity index (χ1n) is 9.77. The molecule has 1 atom stereocenters. The molecule has 1 aliphatic carbocycles. The fourth-order valence-corrected chi connectivity index (χ4v) is 3.95. The number of hydrogen-bond donors (Lipinski definition) is 2. The Bertz CT molecular complexity index is 483. The number of carbonyl (C=O) groups is 1. The zero-order chi connectivity index (χ0) is 17.7. The Morgan fingerprint density at radius 3 is 2.42 bits per heavy atom. The number of nitrogens with one attached hydrogen (secondary N) is 1. The van der Waals surface area contributed by atoms with Crippen LogP contribution in [0, 0.1) is 0 Å². The molecule has 26 heavy (non-hydrogen) atoms. The number of ether oxygens (including phenoxy) is 1. The second-order valence-electron chi connectivity index (χ2n) is 7.42. The summed E-state index contributed by atoms with van der Waals surface area (Å²) in [5.74, 6) is 0.992. The maximum Gasteiger partial charge on any atom is 0.251 e. The van der Waals surface area contributed by atoms with E-state index in [4.69, 9.17) is 9.73 Å². The van der Waals surface area contributed by atoms with Crippen LogP contribution in [0.2, 0.25) is 0 Å². The number of aliphatic imine (C=N–C) groups is 1. The van der Waals surface area contributed by atoms with Crippen LogP contribution in [0.3, 0.4) is 0 Å². The Balaban J connectivity index is 0.00000243. The second-order valence-corrected chi connectivity index (χ2v) is 7.42. The molecule has 150 valence electrons. The van der Waals surface area contributed by atoms with Crippen molar-refractivity contribution in [1.29, 1.82) is 0 Å². The van der Waals surface area contributed by atoms with Gasteiger partial charge in [-0.2, -0.15) is 0 Å². The maximum atomic E-state index is 12.4. The summed E-state index contributed by atoms with van der Waals surface area (Å²) in [5.41, 5.74) is -0.627. The SMILES string of the molecule is CCNC(=NCC1(O)CCCC1)N1CCN(C(=O)C2CCCO2)CC1.I. The third-order valence-electron chi connectivity index (χ3n) is 5.49. The van der Waals surface area contributed by atoms with E-state index in [-0.39, 0.29) is 36.0 Å². The van der Waals surface area contributed by atoms with Crippen molar-refractivity contribution in [3.63, 3.8) is 0 Å². The van der Waals surface area contributed by atoms with E-state index in [1.165, 1.54) is 0 Å². The van der Waals surface area contributed by atoms with Gasteiger partial charge in [0.2, 0.25) is 0 Å². The van der Waals surface area contributed by atoms with Crippen molar-refractivity contribution in [3.05, 3.63) is 0 Å². The number of hydrogen-bond acceptors (Lipinski definition) is 4. The fraction of sp³-hybridized carbons (Fsp3) is 0.889. The summed E-state index contributed by atoms with van der Waals surface area (Å²) in [6, 6.07) is 0. The predicted octanol–water partition coefficient (Wildman–Crippen LogP) is 1.20.